The molecule has 42 heavy (non-hydrogen) atoms. The van der Waals surface area contributed by atoms with Gasteiger partial charge >= 0.3 is 0 Å². The van der Waals surface area contributed by atoms with Gasteiger partial charge in [0.2, 0.25) is 5.43 Å². The molecule has 7 rings (SSSR count). The van der Waals surface area contributed by atoms with Crippen LogP contribution >= 0.6 is 0 Å². The van der Waals surface area contributed by atoms with E-state index in [1.54, 1.807) is 4.68 Å². The van der Waals surface area contributed by atoms with Crippen molar-refractivity contribution in [1.29, 1.82) is 0 Å². The maximum atomic E-state index is 13.3. The van der Waals surface area contributed by atoms with Gasteiger partial charge in [0.15, 0.2) is 16.7 Å². The maximum Gasteiger partial charge on any atom is 0.211 e. The van der Waals surface area contributed by atoms with Crippen molar-refractivity contribution < 1.29 is 14.3 Å². The Bertz CT molecular complexity index is 2070. The molecule has 7 heteroatoms. The third-order valence-electron chi connectivity index (χ3n) is 7.12. The third-order valence-corrected chi connectivity index (χ3v) is 7.12. The van der Waals surface area contributed by atoms with Gasteiger partial charge in [0.05, 0.1) is 11.1 Å². The van der Waals surface area contributed by atoms with Gasteiger partial charge in [-0.3, -0.25) is 4.79 Å². The van der Waals surface area contributed by atoms with Crippen LogP contribution in [0.1, 0.15) is 11.3 Å². The molecule has 3 heterocycles. The standard InChI is InChI=1S/C35H25N3O4/c39-21-28-20-29(40)33-34(42-28)30(24-16-18-27(19-17-24)41-22-23-10-4-1-5-11-23)31-32(25-12-6-2-7-13-25)37-38(35(31)36-33)26-14-8-3-9-15-26/h1-20,39H,21-22H2. The molecule has 0 aliphatic carbocycles. The summed E-state index contributed by atoms with van der Waals surface area (Å²) in [7, 11) is 0. The number of nitrogens with zero attached hydrogens (tertiary/aromatic N) is 3. The zero-order valence-corrected chi connectivity index (χ0v) is 22.5. The van der Waals surface area contributed by atoms with E-state index < -0.39 is 6.61 Å². The molecule has 0 saturated carbocycles. The lowest BCUT2D eigenvalue weighted by atomic mass is 9.98. The number of aliphatic hydroxyl groups excluding tert-OH is 1. The quantitative estimate of drug-likeness (QED) is 0.231. The number of pyridine rings is 1. The second-order valence-corrected chi connectivity index (χ2v) is 9.86. The molecule has 0 atom stereocenters. The number of aliphatic hydroxyl groups is 1. The Morgan fingerprint density at radius 3 is 2.14 bits per heavy atom. The number of rotatable bonds is 7. The summed E-state index contributed by atoms with van der Waals surface area (Å²) in [5.74, 6) is 0.868. The van der Waals surface area contributed by atoms with E-state index in [1.165, 1.54) is 6.07 Å². The van der Waals surface area contributed by atoms with Gasteiger partial charge < -0.3 is 14.3 Å². The lowest BCUT2D eigenvalue weighted by molar-refractivity contribution is 0.249. The van der Waals surface area contributed by atoms with Crippen LogP contribution in [-0.2, 0) is 13.2 Å². The van der Waals surface area contributed by atoms with Gasteiger partial charge in [-0.2, -0.15) is 5.10 Å². The normalized spacial score (nSPS) is 11.3. The Balaban J connectivity index is 1.49. The van der Waals surface area contributed by atoms with Gasteiger partial charge in [-0.05, 0) is 35.4 Å². The summed E-state index contributed by atoms with van der Waals surface area (Å²) in [6, 6.07) is 38.5. The maximum absolute atomic E-state index is 13.3. The highest BCUT2D eigenvalue weighted by Crippen LogP contribution is 2.41. The predicted molar refractivity (Wildman–Crippen MR) is 162 cm³/mol. The lowest BCUT2D eigenvalue weighted by Gasteiger charge is -2.12. The first-order chi connectivity index (χ1) is 20.7. The van der Waals surface area contributed by atoms with E-state index in [1.807, 2.05) is 115 Å². The highest BCUT2D eigenvalue weighted by Gasteiger charge is 2.25. The molecule has 0 saturated heterocycles. The minimum atomic E-state index is -0.413. The minimum Gasteiger partial charge on any atom is -0.489 e. The summed E-state index contributed by atoms with van der Waals surface area (Å²) in [4.78, 5) is 18.1. The monoisotopic (exact) mass is 551 g/mol. The van der Waals surface area contributed by atoms with Crippen LogP contribution in [0.2, 0.25) is 0 Å². The lowest BCUT2D eigenvalue weighted by Crippen LogP contribution is -2.07. The Hall–Kier alpha value is -5.53. The average molecular weight is 552 g/mol. The molecule has 7 aromatic rings. The molecule has 7 nitrogen and oxygen atoms in total. The van der Waals surface area contributed by atoms with E-state index in [2.05, 4.69) is 0 Å². The Labute approximate surface area is 240 Å². The number of ether oxygens (including phenoxy) is 1. The summed E-state index contributed by atoms with van der Waals surface area (Å²) >= 11 is 0. The number of fused-ring (bicyclic) bond motifs is 2. The minimum absolute atomic E-state index is 0.162. The van der Waals surface area contributed by atoms with Gasteiger partial charge in [0.25, 0.3) is 0 Å². The van der Waals surface area contributed by atoms with Crippen molar-refractivity contribution in [2.24, 2.45) is 0 Å². The third kappa shape index (κ3) is 4.62. The van der Waals surface area contributed by atoms with E-state index >= 15 is 0 Å². The van der Waals surface area contributed by atoms with Gasteiger partial charge in [-0.15, -0.1) is 0 Å². The molecular weight excluding hydrogens is 526 g/mol. The number of hydrogen-bond donors (Lipinski definition) is 1. The zero-order valence-electron chi connectivity index (χ0n) is 22.5. The van der Waals surface area contributed by atoms with Crippen molar-refractivity contribution in [3.8, 4) is 33.8 Å². The summed E-state index contributed by atoms with van der Waals surface area (Å²) in [5, 5.41) is 15.6. The highest BCUT2D eigenvalue weighted by molar-refractivity contribution is 6.12. The van der Waals surface area contributed by atoms with Crippen LogP contribution in [0.25, 0.3) is 50.2 Å². The van der Waals surface area contributed by atoms with E-state index in [0.717, 1.165) is 27.8 Å². The topological polar surface area (TPSA) is 90.4 Å². The van der Waals surface area contributed by atoms with Crippen LogP contribution in [0.4, 0.5) is 0 Å². The molecule has 0 amide bonds. The Kier molecular flexibility index (Phi) is 6.54. The van der Waals surface area contributed by atoms with E-state index in [0.29, 0.717) is 34.8 Å². The molecule has 0 unspecified atom stereocenters. The first-order valence-electron chi connectivity index (χ1n) is 13.6. The molecule has 0 bridgehead atoms. The van der Waals surface area contributed by atoms with Crippen molar-refractivity contribution in [2.75, 3.05) is 0 Å². The number of aromatic nitrogens is 3. The second-order valence-electron chi connectivity index (χ2n) is 9.86. The average Bonchev–Trinajstić information content (AvgIpc) is 3.44. The second kappa shape index (κ2) is 10.8. The summed E-state index contributed by atoms with van der Waals surface area (Å²) in [6.45, 7) is 0.0309. The summed E-state index contributed by atoms with van der Waals surface area (Å²) in [5.41, 5.74) is 5.57. The summed E-state index contributed by atoms with van der Waals surface area (Å²) in [6.07, 6.45) is 0. The Morgan fingerprint density at radius 1 is 0.786 bits per heavy atom. The van der Waals surface area contributed by atoms with Gasteiger partial charge in [-0.1, -0.05) is 91.0 Å². The van der Waals surface area contributed by atoms with Crippen molar-refractivity contribution in [2.45, 2.75) is 13.2 Å². The largest absolute Gasteiger partial charge is 0.489 e. The fourth-order valence-corrected chi connectivity index (χ4v) is 5.13. The van der Waals surface area contributed by atoms with Gasteiger partial charge in [-0.25, -0.2) is 9.67 Å². The van der Waals surface area contributed by atoms with Crippen molar-refractivity contribution >= 4 is 22.1 Å². The summed E-state index contributed by atoms with van der Waals surface area (Å²) < 4.78 is 13.9. The highest BCUT2D eigenvalue weighted by atomic mass is 16.5. The predicted octanol–water partition coefficient (Wildman–Crippen LogP) is 6.93. The fraction of sp³-hybridized carbons (Fsp3) is 0.0571. The van der Waals surface area contributed by atoms with E-state index in [4.69, 9.17) is 19.2 Å². The molecule has 204 valence electrons. The number of hydrogen-bond acceptors (Lipinski definition) is 6. The molecule has 0 spiro atoms. The van der Waals surface area contributed by atoms with Crippen molar-refractivity contribution in [1.82, 2.24) is 14.8 Å². The van der Waals surface area contributed by atoms with Crippen LogP contribution in [0.5, 0.6) is 5.75 Å². The smallest absolute Gasteiger partial charge is 0.211 e. The van der Waals surface area contributed by atoms with Crippen LogP contribution in [0, 0.1) is 0 Å². The number of para-hydroxylation sites is 1. The van der Waals surface area contributed by atoms with Gasteiger partial charge in [0, 0.05) is 17.2 Å². The van der Waals surface area contributed by atoms with E-state index in [-0.39, 0.29) is 16.7 Å². The first-order valence-corrected chi connectivity index (χ1v) is 13.6. The first kappa shape index (κ1) is 25.4. The van der Waals surface area contributed by atoms with Gasteiger partial charge in [0.1, 0.15) is 30.4 Å². The molecule has 0 fully saturated rings. The molecular formula is C35H25N3O4. The molecule has 0 radical (unpaired) electrons. The SMILES string of the molecule is O=c1cc(CO)oc2c(-c3ccc(OCc4ccccc4)cc3)c3c(-c4ccccc4)nn(-c4ccccc4)c3nc12. The van der Waals surface area contributed by atoms with E-state index in [9.17, 15) is 9.90 Å². The molecule has 1 N–H and O–H groups in total. The number of benzene rings is 4. The van der Waals surface area contributed by atoms with Crippen LogP contribution < -0.4 is 10.2 Å². The molecule has 4 aromatic carbocycles. The van der Waals surface area contributed by atoms with Crippen molar-refractivity contribution in [3.05, 3.63) is 143 Å². The van der Waals surface area contributed by atoms with Crippen LogP contribution in [0.15, 0.2) is 131 Å². The van der Waals surface area contributed by atoms with Crippen LogP contribution in [-0.4, -0.2) is 19.9 Å². The fourth-order valence-electron chi connectivity index (χ4n) is 5.13. The van der Waals surface area contributed by atoms with Crippen molar-refractivity contribution in [3.63, 3.8) is 0 Å². The molecule has 0 aliphatic heterocycles. The van der Waals surface area contributed by atoms with Crippen LogP contribution in [0.3, 0.4) is 0 Å². The molecule has 3 aromatic heterocycles. The molecule has 0 aliphatic rings. The zero-order chi connectivity index (χ0) is 28.5. The Morgan fingerprint density at radius 2 is 1.45 bits per heavy atom.